The predicted octanol–water partition coefficient (Wildman–Crippen LogP) is 5.69. The monoisotopic (exact) mass is 478 g/mol. The van der Waals surface area contributed by atoms with Crippen molar-refractivity contribution in [1.29, 1.82) is 5.26 Å². The lowest BCUT2D eigenvalue weighted by molar-refractivity contribution is -0.115. The zero-order valence-electron chi connectivity index (χ0n) is 19.0. The Balaban J connectivity index is 1.86. The van der Waals surface area contributed by atoms with Gasteiger partial charge in [0.15, 0.2) is 3.95 Å². The van der Waals surface area contributed by atoms with Gasteiger partial charge in [-0.1, -0.05) is 26.0 Å². The number of anilines is 1. The van der Waals surface area contributed by atoms with Crippen molar-refractivity contribution in [2.45, 2.75) is 33.7 Å². The quantitative estimate of drug-likeness (QED) is 0.259. The Kier molecular flexibility index (Phi) is 7.79. The molecule has 0 saturated carbocycles. The molecule has 3 rings (SSSR count). The Morgan fingerprint density at radius 1 is 1.18 bits per heavy atom. The maximum atomic E-state index is 13.3. The van der Waals surface area contributed by atoms with E-state index in [0.29, 0.717) is 33.2 Å². The number of nitrogens with zero attached hydrogens (tertiary/aromatic N) is 2. The van der Waals surface area contributed by atoms with E-state index < -0.39 is 0 Å². The fourth-order valence-electron chi connectivity index (χ4n) is 3.30. The summed E-state index contributed by atoms with van der Waals surface area (Å²) < 4.78 is 1.62. The number of hydrogen-bond donors (Lipinski definition) is 2. The van der Waals surface area contributed by atoms with Crippen LogP contribution in [0, 0.1) is 21.2 Å². The normalized spacial score (nSPS) is 11.6. The average Bonchev–Trinajstić information content (AvgIpc) is 3.15. The lowest BCUT2D eigenvalue weighted by Gasteiger charge is -2.26. The van der Waals surface area contributed by atoms with Crippen LogP contribution in [0.25, 0.3) is 16.3 Å². The third kappa shape index (κ3) is 5.95. The van der Waals surface area contributed by atoms with E-state index in [-0.39, 0.29) is 23.4 Å². The molecule has 0 radical (unpaired) electrons. The summed E-state index contributed by atoms with van der Waals surface area (Å²) in [5.74, 6) is -0.170. The van der Waals surface area contributed by atoms with Gasteiger partial charge in [0.2, 0.25) is 0 Å². The van der Waals surface area contributed by atoms with Crippen molar-refractivity contribution in [2.24, 2.45) is 5.92 Å². The van der Waals surface area contributed by atoms with Crippen molar-refractivity contribution in [1.82, 2.24) is 10.3 Å². The molecule has 0 aliphatic rings. The van der Waals surface area contributed by atoms with E-state index in [4.69, 9.17) is 12.2 Å². The minimum atomic E-state index is -0.385. The van der Waals surface area contributed by atoms with Crippen molar-refractivity contribution in [3.8, 4) is 6.07 Å². The van der Waals surface area contributed by atoms with Crippen molar-refractivity contribution in [2.75, 3.05) is 11.4 Å². The molecule has 2 aromatic carbocycles. The molecule has 2 amide bonds. The number of H-pyrrole nitrogens is 1. The van der Waals surface area contributed by atoms with Crippen molar-refractivity contribution < 1.29 is 9.59 Å². The van der Waals surface area contributed by atoms with E-state index in [2.05, 4.69) is 10.3 Å². The van der Waals surface area contributed by atoms with Crippen LogP contribution >= 0.6 is 23.6 Å². The third-order valence-electron chi connectivity index (χ3n) is 4.92. The van der Waals surface area contributed by atoms with Gasteiger partial charge in [-0.05, 0) is 74.0 Å². The van der Waals surface area contributed by atoms with E-state index >= 15 is 0 Å². The summed E-state index contributed by atoms with van der Waals surface area (Å²) in [5.41, 5.74) is 2.83. The summed E-state index contributed by atoms with van der Waals surface area (Å²) in [6.45, 7) is 8.47. The highest BCUT2D eigenvalue weighted by atomic mass is 32.1. The minimum absolute atomic E-state index is 0.0162. The second-order valence-electron chi connectivity index (χ2n) is 8.36. The van der Waals surface area contributed by atoms with Crippen LogP contribution in [-0.4, -0.2) is 29.4 Å². The number of benzene rings is 2. The van der Waals surface area contributed by atoms with Gasteiger partial charge in [-0.2, -0.15) is 5.26 Å². The minimum Gasteiger partial charge on any atom is -0.352 e. The largest absolute Gasteiger partial charge is 0.352 e. The topological polar surface area (TPSA) is 89.0 Å². The van der Waals surface area contributed by atoms with Crippen LogP contribution in [0.3, 0.4) is 0 Å². The number of nitriles is 1. The standard InChI is InChI=1S/C25H26N4O2S2/c1-15(2)14-27-23(30)18-7-5-17(6-8-18)11-19(13-26)24(31)29(16(3)4)20-9-10-21-22(12-20)33-25(32)28-21/h5-12,15-16H,14H2,1-4H3,(H,27,30)(H,28,32)/b19-11+. The number of carbonyl (C=O) groups is 2. The first-order valence-corrected chi connectivity index (χ1v) is 11.9. The first-order valence-electron chi connectivity index (χ1n) is 10.7. The van der Waals surface area contributed by atoms with Gasteiger partial charge < -0.3 is 15.2 Å². The van der Waals surface area contributed by atoms with Crippen LogP contribution in [0.5, 0.6) is 0 Å². The second kappa shape index (κ2) is 10.6. The van der Waals surface area contributed by atoms with Crippen LogP contribution in [0.1, 0.15) is 43.6 Å². The maximum absolute atomic E-state index is 13.3. The van der Waals surface area contributed by atoms with Crippen molar-refractivity contribution in [3.05, 3.63) is 63.1 Å². The highest BCUT2D eigenvalue weighted by molar-refractivity contribution is 7.73. The number of nitrogens with one attached hydrogen (secondary N) is 2. The smallest absolute Gasteiger partial charge is 0.269 e. The van der Waals surface area contributed by atoms with Crippen LogP contribution in [0.4, 0.5) is 5.69 Å². The fourth-order valence-corrected chi connectivity index (χ4v) is 4.45. The number of rotatable bonds is 7. The average molecular weight is 479 g/mol. The molecule has 2 N–H and O–H groups in total. The fraction of sp³-hybridized carbons (Fsp3) is 0.280. The Morgan fingerprint density at radius 2 is 1.88 bits per heavy atom. The molecule has 0 fully saturated rings. The molecular formula is C25H26N4O2S2. The Hall–Kier alpha value is -3.28. The summed E-state index contributed by atoms with van der Waals surface area (Å²) in [4.78, 5) is 30.3. The van der Waals surface area contributed by atoms with Gasteiger partial charge in [-0.25, -0.2) is 0 Å². The molecule has 1 heterocycles. The molecule has 0 saturated heterocycles. The van der Waals surface area contributed by atoms with Crippen LogP contribution in [0.15, 0.2) is 48.0 Å². The molecular weight excluding hydrogens is 452 g/mol. The van der Waals surface area contributed by atoms with Crippen LogP contribution in [-0.2, 0) is 4.79 Å². The highest BCUT2D eigenvalue weighted by Crippen LogP contribution is 2.28. The number of amides is 2. The zero-order valence-corrected chi connectivity index (χ0v) is 20.6. The van der Waals surface area contributed by atoms with E-state index in [9.17, 15) is 14.9 Å². The predicted molar refractivity (Wildman–Crippen MR) is 137 cm³/mol. The molecule has 6 nitrogen and oxygen atoms in total. The Bertz CT molecular complexity index is 1290. The molecule has 1 aromatic heterocycles. The van der Waals surface area contributed by atoms with E-state index in [1.165, 1.54) is 11.3 Å². The molecule has 3 aromatic rings. The molecule has 0 bridgehead atoms. The number of thiazole rings is 1. The van der Waals surface area contributed by atoms with E-state index in [1.807, 2.05) is 52.0 Å². The van der Waals surface area contributed by atoms with Gasteiger partial charge in [-0.15, -0.1) is 11.3 Å². The van der Waals surface area contributed by atoms with Gasteiger partial charge in [0.25, 0.3) is 11.8 Å². The number of fused-ring (bicyclic) bond motifs is 1. The molecule has 0 aliphatic carbocycles. The van der Waals surface area contributed by atoms with Gasteiger partial charge in [0, 0.05) is 23.8 Å². The molecule has 8 heteroatoms. The third-order valence-corrected chi connectivity index (χ3v) is 6.12. The highest BCUT2D eigenvalue weighted by Gasteiger charge is 2.23. The summed E-state index contributed by atoms with van der Waals surface area (Å²) in [6.07, 6.45) is 1.55. The lowest BCUT2D eigenvalue weighted by atomic mass is 10.1. The maximum Gasteiger partial charge on any atom is 0.269 e. The number of aromatic nitrogens is 1. The summed E-state index contributed by atoms with van der Waals surface area (Å²) in [5, 5.41) is 12.6. The molecule has 170 valence electrons. The molecule has 0 aliphatic heterocycles. The van der Waals surface area contributed by atoms with Gasteiger partial charge in [-0.3, -0.25) is 9.59 Å². The van der Waals surface area contributed by atoms with Gasteiger partial charge >= 0.3 is 0 Å². The van der Waals surface area contributed by atoms with Crippen molar-refractivity contribution in [3.63, 3.8) is 0 Å². The molecule has 0 unspecified atom stereocenters. The summed E-state index contributed by atoms with van der Waals surface area (Å²) in [7, 11) is 0. The Morgan fingerprint density at radius 3 is 2.48 bits per heavy atom. The number of hydrogen-bond acceptors (Lipinski definition) is 5. The zero-order chi connectivity index (χ0) is 24.1. The second-order valence-corrected chi connectivity index (χ2v) is 10.1. The molecule has 0 atom stereocenters. The van der Waals surface area contributed by atoms with Crippen molar-refractivity contribution >= 4 is 57.3 Å². The van der Waals surface area contributed by atoms with Gasteiger partial charge in [0.05, 0.1) is 10.2 Å². The Labute approximate surface area is 202 Å². The van der Waals surface area contributed by atoms with Crippen LogP contribution < -0.4 is 10.2 Å². The van der Waals surface area contributed by atoms with E-state index in [0.717, 1.165) is 10.2 Å². The summed E-state index contributed by atoms with van der Waals surface area (Å²) >= 11 is 6.66. The lowest BCUT2D eigenvalue weighted by Crippen LogP contribution is -2.37. The molecule has 33 heavy (non-hydrogen) atoms. The number of aromatic amines is 1. The summed E-state index contributed by atoms with van der Waals surface area (Å²) in [6, 6.07) is 14.4. The first kappa shape index (κ1) is 24.4. The van der Waals surface area contributed by atoms with Gasteiger partial charge in [0.1, 0.15) is 11.6 Å². The van der Waals surface area contributed by atoms with E-state index in [1.54, 1.807) is 35.2 Å². The number of carbonyl (C=O) groups excluding carboxylic acids is 2. The SMILES string of the molecule is CC(C)CNC(=O)c1ccc(/C=C(\C#N)C(=O)N(c2ccc3[nH]c(=S)sc3c2)C(C)C)cc1. The molecule has 0 spiro atoms. The first-order chi connectivity index (χ1) is 15.7. The van der Waals surface area contributed by atoms with Crippen LogP contribution in [0.2, 0.25) is 0 Å².